The number of rotatable bonds is 4. The molecule has 0 radical (unpaired) electrons. The zero-order valence-corrected chi connectivity index (χ0v) is 6.63. The first-order valence-corrected chi connectivity index (χ1v) is 3.40. The van der Waals surface area contributed by atoms with Crippen molar-refractivity contribution in [2.24, 2.45) is 0 Å². The van der Waals surface area contributed by atoms with Gasteiger partial charge in [-0.25, -0.2) is 0 Å². The van der Waals surface area contributed by atoms with E-state index in [-0.39, 0.29) is 5.60 Å². The Hall–Kier alpha value is -0.970. The molecule has 0 N–H and O–H groups in total. The Kier molecular flexibility index (Phi) is 3.56. The first kappa shape index (κ1) is 9.03. The van der Waals surface area contributed by atoms with E-state index in [0.717, 1.165) is 12.8 Å². The molecule has 0 spiro atoms. The minimum Gasteiger partial charge on any atom is -0.153 e. The monoisotopic (exact) mass is 140 g/mol. The van der Waals surface area contributed by atoms with Gasteiger partial charge in [0.15, 0.2) is 0 Å². The van der Waals surface area contributed by atoms with Crippen molar-refractivity contribution in [1.82, 2.24) is 0 Å². The predicted octanol–water partition coefficient (Wildman–Crippen LogP) is 2.63. The molecular formula is C8H14NO+. The van der Waals surface area contributed by atoms with E-state index in [9.17, 15) is 0 Å². The van der Waals surface area contributed by atoms with Crippen LogP contribution in [0.15, 0.2) is 12.7 Å². The molecule has 10 heavy (non-hydrogen) atoms. The topological polar surface area (TPSA) is 13.6 Å². The summed E-state index contributed by atoms with van der Waals surface area (Å²) >= 11 is 0. The lowest BCUT2D eigenvalue weighted by Crippen LogP contribution is -2.21. The zero-order chi connectivity index (χ0) is 8.04. The molecular weight excluding hydrogens is 126 g/mol. The van der Waals surface area contributed by atoms with E-state index in [1.165, 1.54) is 0 Å². The molecule has 56 valence electrons. The summed E-state index contributed by atoms with van der Waals surface area (Å²) in [6.07, 6.45) is 3.63. The van der Waals surface area contributed by atoms with Gasteiger partial charge in [0.25, 0.3) is 0 Å². The van der Waals surface area contributed by atoms with Gasteiger partial charge in [0, 0.05) is 0 Å². The van der Waals surface area contributed by atoms with E-state index in [2.05, 4.69) is 18.5 Å². The first-order valence-electron chi connectivity index (χ1n) is 3.40. The van der Waals surface area contributed by atoms with Gasteiger partial charge in [-0.2, -0.15) is 4.84 Å². The molecule has 0 aliphatic rings. The van der Waals surface area contributed by atoms with Crippen LogP contribution in [0, 0.1) is 6.57 Å². The maximum absolute atomic E-state index is 4.90. The average molecular weight is 140 g/mol. The summed E-state index contributed by atoms with van der Waals surface area (Å²) in [5, 5.41) is 3.13. The van der Waals surface area contributed by atoms with Gasteiger partial charge in [-0.05, 0) is 19.4 Å². The van der Waals surface area contributed by atoms with E-state index in [1.807, 2.05) is 6.92 Å². The van der Waals surface area contributed by atoms with E-state index < -0.39 is 0 Å². The Morgan fingerprint density at radius 2 is 2.40 bits per heavy atom. The Morgan fingerprint density at radius 1 is 1.80 bits per heavy atom. The molecule has 0 rings (SSSR count). The maximum Gasteiger partial charge on any atom is 0.335 e. The molecule has 0 fully saturated rings. The van der Waals surface area contributed by atoms with Crippen LogP contribution in [0.3, 0.4) is 0 Å². The van der Waals surface area contributed by atoms with Crippen molar-refractivity contribution in [1.29, 1.82) is 0 Å². The fourth-order valence-corrected chi connectivity index (χ4v) is 0.802. The lowest BCUT2D eigenvalue weighted by Gasteiger charge is -2.13. The summed E-state index contributed by atoms with van der Waals surface area (Å²) in [6, 6.07) is 0. The van der Waals surface area contributed by atoms with E-state index >= 15 is 0 Å². The number of hydrogen-bond acceptors (Lipinski definition) is 1. The van der Waals surface area contributed by atoms with Crippen LogP contribution in [0.1, 0.15) is 26.7 Å². The molecule has 0 amide bonds. The molecule has 2 nitrogen and oxygen atoms in total. The van der Waals surface area contributed by atoms with Crippen LogP contribution >= 0.6 is 0 Å². The molecule has 1 atom stereocenters. The third kappa shape index (κ3) is 2.54. The third-order valence-corrected chi connectivity index (χ3v) is 1.44. The van der Waals surface area contributed by atoms with E-state index in [1.54, 1.807) is 6.08 Å². The molecule has 0 bridgehead atoms. The summed E-state index contributed by atoms with van der Waals surface area (Å²) < 4.78 is 0. The normalized spacial score (nSPS) is 14.9. The van der Waals surface area contributed by atoms with Crippen molar-refractivity contribution in [2.75, 3.05) is 0 Å². The van der Waals surface area contributed by atoms with Crippen molar-refractivity contribution in [3.05, 3.63) is 17.7 Å². The Balaban J connectivity index is 3.97. The summed E-state index contributed by atoms with van der Waals surface area (Å²) in [7, 11) is 0. The molecule has 1 unspecified atom stereocenters. The van der Waals surface area contributed by atoms with Gasteiger partial charge in [-0.15, -0.1) is 0 Å². The smallest absolute Gasteiger partial charge is 0.153 e. The standard InChI is InChI=1S/C8H14NO/c1-5-7-8(3,6-2)10-9-4/h4,6H,2,5,7H2,1,3H3/q+1. The molecule has 0 saturated carbocycles. The Bertz CT molecular complexity index is 148. The van der Waals surface area contributed by atoms with Crippen molar-refractivity contribution in [3.63, 3.8) is 0 Å². The van der Waals surface area contributed by atoms with Crippen LogP contribution < -0.4 is 0 Å². The summed E-state index contributed by atoms with van der Waals surface area (Å²) in [5.41, 5.74) is -0.385. The highest BCUT2D eigenvalue weighted by molar-refractivity contribution is 4.93. The highest BCUT2D eigenvalue weighted by Crippen LogP contribution is 2.18. The summed E-state index contributed by atoms with van der Waals surface area (Å²) in [6.45, 7) is 12.5. The number of nitrogens with zero attached hydrogens (tertiary/aromatic N) is 1. The second kappa shape index (κ2) is 3.94. The summed E-state index contributed by atoms with van der Waals surface area (Å²) in [5.74, 6) is 0. The fourth-order valence-electron chi connectivity index (χ4n) is 0.802. The lowest BCUT2D eigenvalue weighted by atomic mass is 10.0. The first-order chi connectivity index (χ1) is 4.68. The van der Waals surface area contributed by atoms with Gasteiger partial charge in [0.1, 0.15) is 0 Å². The Labute approximate surface area is 62.3 Å². The Morgan fingerprint density at radius 3 is 2.70 bits per heavy atom. The largest absolute Gasteiger partial charge is 0.335 e. The summed E-state index contributed by atoms with van der Waals surface area (Å²) in [4.78, 5) is 4.90. The number of hydrogen-bond donors (Lipinski definition) is 0. The van der Waals surface area contributed by atoms with Crippen LogP contribution in [0.4, 0.5) is 0 Å². The van der Waals surface area contributed by atoms with Crippen LogP contribution in [-0.2, 0) is 4.84 Å². The van der Waals surface area contributed by atoms with Gasteiger partial charge in [0.05, 0.1) is 0 Å². The van der Waals surface area contributed by atoms with Gasteiger partial charge in [-0.3, -0.25) is 0 Å². The molecule has 0 aromatic heterocycles. The molecule has 2 heteroatoms. The van der Waals surface area contributed by atoms with Crippen LogP contribution in [0.25, 0.3) is 5.01 Å². The molecule has 0 aliphatic carbocycles. The quantitative estimate of drug-likeness (QED) is 0.432. The van der Waals surface area contributed by atoms with Gasteiger partial charge < -0.3 is 0 Å². The second-order valence-electron chi connectivity index (χ2n) is 2.46. The molecule has 0 aliphatic heterocycles. The van der Waals surface area contributed by atoms with E-state index in [4.69, 9.17) is 11.4 Å². The van der Waals surface area contributed by atoms with Gasteiger partial charge in [0.2, 0.25) is 10.6 Å². The lowest BCUT2D eigenvalue weighted by molar-refractivity contribution is 0.0731. The zero-order valence-electron chi connectivity index (χ0n) is 6.63. The van der Waals surface area contributed by atoms with E-state index in [0.29, 0.717) is 0 Å². The van der Waals surface area contributed by atoms with Crippen molar-refractivity contribution in [2.45, 2.75) is 32.3 Å². The molecule has 0 aromatic carbocycles. The second-order valence-corrected chi connectivity index (χ2v) is 2.46. The SMILES string of the molecule is C#[N+]OC(C)(C=C)CCC. The highest BCUT2D eigenvalue weighted by atomic mass is 16.6. The molecule has 0 saturated heterocycles. The van der Waals surface area contributed by atoms with Crippen LogP contribution in [-0.4, -0.2) is 5.60 Å². The van der Waals surface area contributed by atoms with Gasteiger partial charge in [-0.1, -0.05) is 19.9 Å². The highest BCUT2D eigenvalue weighted by Gasteiger charge is 2.26. The van der Waals surface area contributed by atoms with Gasteiger partial charge >= 0.3 is 6.57 Å². The fraction of sp³-hybridized carbons (Fsp3) is 0.625. The van der Waals surface area contributed by atoms with Crippen molar-refractivity contribution < 1.29 is 4.84 Å². The minimum atomic E-state index is -0.385. The van der Waals surface area contributed by atoms with Crippen LogP contribution in [0.5, 0.6) is 0 Å². The molecule has 0 heterocycles. The third-order valence-electron chi connectivity index (χ3n) is 1.44. The van der Waals surface area contributed by atoms with Crippen molar-refractivity contribution >= 4 is 0 Å². The van der Waals surface area contributed by atoms with Crippen LogP contribution in [0.2, 0.25) is 0 Å². The van der Waals surface area contributed by atoms with Crippen molar-refractivity contribution in [3.8, 4) is 6.57 Å². The average Bonchev–Trinajstić information content (AvgIpc) is 1.89. The maximum atomic E-state index is 4.90. The molecule has 0 aromatic rings. The minimum absolute atomic E-state index is 0.385. The predicted molar refractivity (Wildman–Crippen MR) is 42.9 cm³/mol.